The Bertz CT molecular complexity index is 752. The summed E-state index contributed by atoms with van der Waals surface area (Å²) in [6.45, 7) is 2.77. The fourth-order valence-electron chi connectivity index (χ4n) is 2.97. The van der Waals surface area contributed by atoms with Gasteiger partial charge < -0.3 is 5.32 Å². The number of hydrogen-bond donors (Lipinski definition) is 1. The second-order valence-corrected chi connectivity index (χ2v) is 8.08. The highest BCUT2D eigenvalue weighted by Gasteiger charge is 2.28. The summed E-state index contributed by atoms with van der Waals surface area (Å²) in [5.41, 5.74) is 1.04. The van der Waals surface area contributed by atoms with E-state index in [0.29, 0.717) is 23.9 Å². The van der Waals surface area contributed by atoms with E-state index < -0.39 is 10.0 Å². The highest BCUT2D eigenvalue weighted by molar-refractivity contribution is 7.89. The molecule has 0 amide bonds. The number of sulfonamides is 1. The molecule has 1 saturated heterocycles. The molecule has 1 fully saturated rings. The monoisotopic (exact) mass is 349 g/mol. The molecular weight excluding hydrogens is 326 g/mol. The van der Waals surface area contributed by atoms with E-state index in [2.05, 4.69) is 15.6 Å². The van der Waals surface area contributed by atoms with Crippen LogP contribution >= 0.6 is 0 Å². The zero-order chi connectivity index (χ0) is 17.0. The molecular formula is C16H23N5O2S. The number of aromatic nitrogens is 3. The fourth-order valence-corrected chi connectivity index (χ4v) is 4.46. The minimum Gasteiger partial charge on any atom is -0.311 e. The van der Waals surface area contributed by atoms with Crippen molar-refractivity contribution in [2.75, 3.05) is 19.6 Å². The number of piperidine rings is 1. The maximum absolute atomic E-state index is 12.6. The predicted molar refractivity (Wildman–Crippen MR) is 90.6 cm³/mol. The quantitative estimate of drug-likeness (QED) is 0.842. The van der Waals surface area contributed by atoms with Crippen LogP contribution in [0.2, 0.25) is 0 Å². The Morgan fingerprint density at radius 2 is 1.92 bits per heavy atom. The molecule has 0 saturated carbocycles. The molecule has 8 heteroatoms. The van der Waals surface area contributed by atoms with Crippen molar-refractivity contribution in [2.45, 2.75) is 24.3 Å². The van der Waals surface area contributed by atoms with Crippen LogP contribution in [-0.2, 0) is 23.6 Å². The van der Waals surface area contributed by atoms with Gasteiger partial charge in [-0.05, 0) is 37.4 Å². The lowest BCUT2D eigenvalue weighted by molar-refractivity contribution is 0.266. The second-order valence-electron chi connectivity index (χ2n) is 6.14. The van der Waals surface area contributed by atoms with Crippen LogP contribution in [0.25, 0.3) is 0 Å². The third kappa shape index (κ3) is 3.82. The van der Waals surface area contributed by atoms with Gasteiger partial charge in [0.2, 0.25) is 10.0 Å². The van der Waals surface area contributed by atoms with Gasteiger partial charge in [0.05, 0.1) is 16.8 Å². The molecule has 1 aromatic carbocycles. The normalized spacial score (nSPS) is 17.2. The molecule has 1 aliphatic heterocycles. The van der Waals surface area contributed by atoms with Gasteiger partial charge in [-0.2, -0.15) is 4.31 Å². The summed E-state index contributed by atoms with van der Waals surface area (Å²) >= 11 is 0. The Morgan fingerprint density at radius 1 is 1.21 bits per heavy atom. The van der Waals surface area contributed by atoms with E-state index >= 15 is 0 Å². The van der Waals surface area contributed by atoms with E-state index in [1.165, 1.54) is 0 Å². The van der Waals surface area contributed by atoms with Crippen molar-refractivity contribution >= 4 is 10.0 Å². The Hall–Kier alpha value is -1.77. The van der Waals surface area contributed by atoms with E-state index in [4.69, 9.17) is 0 Å². The second kappa shape index (κ2) is 7.42. The first-order valence-corrected chi connectivity index (χ1v) is 9.61. The first kappa shape index (κ1) is 17.1. The maximum atomic E-state index is 12.6. The van der Waals surface area contributed by atoms with Crippen molar-refractivity contribution in [1.29, 1.82) is 0 Å². The lowest BCUT2D eigenvalue weighted by Crippen LogP contribution is -2.40. The molecule has 0 atom stereocenters. The molecule has 1 aliphatic rings. The third-order valence-corrected chi connectivity index (χ3v) is 6.41. The van der Waals surface area contributed by atoms with Crippen LogP contribution in [0.5, 0.6) is 0 Å². The van der Waals surface area contributed by atoms with Gasteiger partial charge in [-0.15, -0.1) is 5.10 Å². The molecule has 24 heavy (non-hydrogen) atoms. The van der Waals surface area contributed by atoms with Crippen molar-refractivity contribution in [2.24, 2.45) is 13.0 Å². The molecule has 0 unspecified atom stereocenters. The Morgan fingerprint density at radius 3 is 2.54 bits per heavy atom. The standard InChI is InChI=1S/C16H23N5O2S/c1-20-15(13-18-19-20)12-17-11-14-7-9-21(10-8-14)24(22,23)16-5-3-2-4-6-16/h2-6,13-14,17H,7-12H2,1H3. The van der Waals surface area contributed by atoms with Gasteiger partial charge in [0.15, 0.2) is 0 Å². The number of nitrogens with zero attached hydrogens (tertiary/aromatic N) is 4. The summed E-state index contributed by atoms with van der Waals surface area (Å²) in [6.07, 6.45) is 3.51. The van der Waals surface area contributed by atoms with Crippen LogP contribution in [0.3, 0.4) is 0 Å². The van der Waals surface area contributed by atoms with Gasteiger partial charge in [-0.25, -0.2) is 8.42 Å². The molecule has 2 aromatic rings. The topological polar surface area (TPSA) is 80.1 Å². The van der Waals surface area contributed by atoms with Gasteiger partial charge in [-0.1, -0.05) is 23.4 Å². The molecule has 3 rings (SSSR count). The zero-order valence-electron chi connectivity index (χ0n) is 13.8. The Labute approximate surface area is 142 Å². The largest absolute Gasteiger partial charge is 0.311 e. The Kier molecular flexibility index (Phi) is 5.27. The van der Waals surface area contributed by atoms with E-state index in [0.717, 1.165) is 31.6 Å². The van der Waals surface area contributed by atoms with Crippen LogP contribution in [0.1, 0.15) is 18.5 Å². The molecule has 1 aromatic heterocycles. The number of rotatable bonds is 6. The predicted octanol–water partition coefficient (Wildman–Crippen LogP) is 1.01. The molecule has 0 radical (unpaired) electrons. The fraction of sp³-hybridized carbons (Fsp3) is 0.500. The lowest BCUT2D eigenvalue weighted by atomic mass is 9.98. The molecule has 0 spiro atoms. The van der Waals surface area contributed by atoms with Crippen molar-refractivity contribution < 1.29 is 8.42 Å². The van der Waals surface area contributed by atoms with Crippen molar-refractivity contribution in [3.8, 4) is 0 Å². The van der Waals surface area contributed by atoms with Crippen molar-refractivity contribution in [3.63, 3.8) is 0 Å². The molecule has 0 aliphatic carbocycles. The van der Waals surface area contributed by atoms with Gasteiger partial charge in [0.25, 0.3) is 0 Å². The van der Waals surface area contributed by atoms with E-state index in [1.807, 2.05) is 13.1 Å². The first-order valence-electron chi connectivity index (χ1n) is 8.17. The van der Waals surface area contributed by atoms with Crippen molar-refractivity contribution in [3.05, 3.63) is 42.2 Å². The molecule has 1 N–H and O–H groups in total. The van der Waals surface area contributed by atoms with Gasteiger partial charge in [0.1, 0.15) is 0 Å². The number of hydrogen-bond acceptors (Lipinski definition) is 5. The SMILES string of the molecule is Cn1nncc1CNCC1CCN(S(=O)(=O)c2ccccc2)CC1. The average Bonchev–Trinajstić information content (AvgIpc) is 3.01. The highest BCUT2D eigenvalue weighted by atomic mass is 32.2. The Balaban J connectivity index is 1.48. The molecule has 2 heterocycles. The lowest BCUT2D eigenvalue weighted by Gasteiger charge is -2.31. The van der Waals surface area contributed by atoms with Gasteiger partial charge in [0, 0.05) is 26.7 Å². The first-order chi connectivity index (χ1) is 11.6. The van der Waals surface area contributed by atoms with Crippen molar-refractivity contribution in [1.82, 2.24) is 24.6 Å². The number of nitrogens with one attached hydrogen (secondary N) is 1. The van der Waals surface area contributed by atoms with E-state index in [-0.39, 0.29) is 0 Å². The van der Waals surface area contributed by atoms with E-state index in [1.54, 1.807) is 39.4 Å². The maximum Gasteiger partial charge on any atom is 0.243 e. The highest BCUT2D eigenvalue weighted by Crippen LogP contribution is 2.23. The smallest absolute Gasteiger partial charge is 0.243 e. The van der Waals surface area contributed by atoms with Crippen LogP contribution in [0.15, 0.2) is 41.4 Å². The van der Waals surface area contributed by atoms with Gasteiger partial charge >= 0.3 is 0 Å². The minimum atomic E-state index is -3.35. The molecule has 0 bridgehead atoms. The molecule has 130 valence electrons. The van der Waals surface area contributed by atoms with Crippen LogP contribution in [-0.4, -0.2) is 47.4 Å². The summed E-state index contributed by atoms with van der Waals surface area (Å²) in [6, 6.07) is 8.66. The zero-order valence-corrected chi connectivity index (χ0v) is 14.6. The number of benzene rings is 1. The summed E-state index contributed by atoms with van der Waals surface area (Å²) in [5.74, 6) is 0.494. The van der Waals surface area contributed by atoms with Crippen LogP contribution in [0, 0.1) is 5.92 Å². The summed E-state index contributed by atoms with van der Waals surface area (Å²) < 4.78 is 28.5. The summed E-state index contributed by atoms with van der Waals surface area (Å²) in [7, 11) is -1.48. The molecule has 7 nitrogen and oxygen atoms in total. The summed E-state index contributed by atoms with van der Waals surface area (Å²) in [4.78, 5) is 0.380. The van der Waals surface area contributed by atoms with E-state index in [9.17, 15) is 8.42 Å². The minimum absolute atomic E-state index is 0.380. The van der Waals surface area contributed by atoms with Crippen LogP contribution < -0.4 is 5.32 Å². The average molecular weight is 349 g/mol. The number of aryl methyl sites for hydroxylation is 1. The summed E-state index contributed by atoms with van der Waals surface area (Å²) in [5, 5.41) is 11.2. The van der Waals surface area contributed by atoms with Crippen LogP contribution in [0.4, 0.5) is 0 Å². The third-order valence-electron chi connectivity index (χ3n) is 4.50. The van der Waals surface area contributed by atoms with Gasteiger partial charge in [-0.3, -0.25) is 4.68 Å².